The SMILES string of the molecule is CCOc1ccc(/C(O)=C2\C(=O)C(=O)N(c3nc4ccc(OC)cc4s3)[C@@H]2c2ccc(C(=O)OC)cc2)cc1. The minimum atomic E-state index is -0.995. The van der Waals surface area contributed by atoms with Gasteiger partial charge in [0.05, 0.1) is 48.2 Å². The summed E-state index contributed by atoms with van der Waals surface area (Å²) in [6.45, 7) is 2.34. The Morgan fingerprint density at radius 2 is 1.64 bits per heavy atom. The first-order chi connectivity index (χ1) is 18.9. The van der Waals surface area contributed by atoms with E-state index in [9.17, 15) is 19.5 Å². The minimum absolute atomic E-state index is 0.0909. The Hall–Kier alpha value is -4.70. The van der Waals surface area contributed by atoms with Crippen LogP contribution in [0.15, 0.2) is 72.3 Å². The van der Waals surface area contributed by atoms with Gasteiger partial charge in [0.2, 0.25) is 0 Å². The zero-order valence-corrected chi connectivity index (χ0v) is 22.2. The molecular weight excluding hydrogens is 520 g/mol. The van der Waals surface area contributed by atoms with E-state index in [0.717, 1.165) is 4.70 Å². The van der Waals surface area contributed by atoms with Crippen molar-refractivity contribution >= 4 is 50.1 Å². The van der Waals surface area contributed by atoms with E-state index in [4.69, 9.17) is 14.2 Å². The summed E-state index contributed by atoms with van der Waals surface area (Å²) in [6, 6.07) is 17.3. The van der Waals surface area contributed by atoms with Crippen LogP contribution in [0.5, 0.6) is 11.5 Å². The number of aliphatic hydroxyl groups excluding tert-OH is 1. The number of amides is 1. The molecule has 10 heteroatoms. The van der Waals surface area contributed by atoms with Crippen LogP contribution in [-0.4, -0.2) is 48.6 Å². The van der Waals surface area contributed by atoms with Gasteiger partial charge in [-0.1, -0.05) is 23.5 Å². The van der Waals surface area contributed by atoms with E-state index in [1.165, 1.54) is 23.3 Å². The second-order valence-corrected chi connectivity index (χ2v) is 9.58. The highest BCUT2D eigenvalue weighted by molar-refractivity contribution is 7.22. The maximum Gasteiger partial charge on any atom is 0.337 e. The lowest BCUT2D eigenvalue weighted by Crippen LogP contribution is -2.29. The number of carbonyl (C=O) groups is 3. The smallest absolute Gasteiger partial charge is 0.337 e. The molecule has 2 heterocycles. The van der Waals surface area contributed by atoms with E-state index in [-0.39, 0.29) is 16.5 Å². The molecule has 3 aromatic carbocycles. The van der Waals surface area contributed by atoms with Gasteiger partial charge in [-0.25, -0.2) is 9.78 Å². The largest absolute Gasteiger partial charge is 0.507 e. The summed E-state index contributed by atoms with van der Waals surface area (Å²) in [5.74, 6) is -1.29. The first kappa shape index (κ1) is 25.9. The molecule has 0 unspecified atom stereocenters. The van der Waals surface area contributed by atoms with Gasteiger partial charge in [0.25, 0.3) is 5.78 Å². The van der Waals surface area contributed by atoms with E-state index < -0.39 is 23.7 Å². The lowest BCUT2D eigenvalue weighted by Gasteiger charge is -2.23. The molecular formula is C29H24N2O7S. The van der Waals surface area contributed by atoms with Crippen LogP contribution in [-0.2, 0) is 14.3 Å². The number of aliphatic hydroxyl groups is 1. The predicted octanol–water partition coefficient (Wildman–Crippen LogP) is 5.12. The number of hydrogen-bond donors (Lipinski definition) is 1. The number of nitrogens with zero attached hydrogens (tertiary/aromatic N) is 2. The number of aromatic nitrogens is 1. The summed E-state index contributed by atoms with van der Waals surface area (Å²) in [6.07, 6.45) is 0. The van der Waals surface area contributed by atoms with Gasteiger partial charge in [-0.15, -0.1) is 0 Å². The number of anilines is 1. The average molecular weight is 545 g/mol. The molecule has 5 rings (SSSR count). The molecule has 1 atom stereocenters. The zero-order valence-electron chi connectivity index (χ0n) is 21.3. The Labute approximate surface area is 227 Å². The standard InChI is InChI=1S/C29H24N2O7S/c1-4-38-19-11-9-17(10-12-19)25(32)23-24(16-5-7-18(8-6-16)28(35)37-3)31(27(34)26(23)33)29-30-21-14-13-20(36-2)15-22(21)39-29/h5-15,24,32H,4H2,1-3H3/b25-23+/t24-/m1/s1. The molecule has 0 radical (unpaired) electrons. The molecule has 1 N–H and O–H groups in total. The second-order valence-electron chi connectivity index (χ2n) is 8.57. The second kappa shape index (κ2) is 10.6. The van der Waals surface area contributed by atoms with Gasteiger partial charge in [0.15, 0.2) is 5.13 Å². The molecule has 1 aromatic heterocycles. The van der Waals surface area contributed by atoms with Crippen molar-refractivity contribution in [2.24, 2.45) is 0 Å². The Morgan fingerprint density at radius 1 is 0.974 bits per heavy atom. The fourth-order valence-electron chi connectivity index (χ4n) is 4.42. The van der Waals surface area contributed by atoms with Crippen molar-refractivity contribution in [3.05, 3.63) is 89.0 Å². The van der Waals surface area contributed by atoms with Gasteiger partial charge >= 0.3 is 11.9 Å². The highest BCUT2D eigenvalue weighted by Crippen LogP contribution is 2.44. The first-order valence-corrected chi connectivity index (χ1v) is 12.8. The van der Waals surface area contributed by atoms with Crippen LogP contribution in [0, 0.1) is 0 Å². The van der Waals surface area contributed by atoms with Crippen molar-refractivity contribution in [2.45, 2.75) is 13.0 Å². The quantitative estimate of drug-likeness (QED) is 0.148. The molecule has 1 aliphatic rings. The third-order valence-electron chi connectivity index (χ3n) is 6.32. The maximum absolute atomic E-state index is 13.5. The number of thiazole rings is 1. The Balaban J connectivity index is 1.67. The van der Waals surface area contributed by atoms with Crippen molar-refractivity contribution in [1.82, 2.24) is 4.98 Å². The number of ketones is 1. The van der Waals surface area contributed by atoms with E-state index in [1.807, 2.05) is 6.92 Å². The zero-order chi connectivity index (χ0) is 27.7. The van der Waals surface area contributed by atoms with Crippen molar-refractivity contribution in [2.75, 3.05) is 25.7 Å². The monoisotopic (exact) mass is 544 g/mol. The van der Waals surface area contributed by atoms with Crippen LogP contribution in [0.2, 0.25) is 0 Å². The molecule has 0 spiro atoms. The molecule has 0 bridgehead atoms. The van der Waals surface area contributed by atoms with Gasteiger partial charge in [-0.3, -0.25) is 14.5 Å². The number of fused-ring (bicyclic) bond motifs is 1. The number of esters is 1. The lowest BCUT2D eigenvalue weighted by molar-refractivity contribution is -0.132. The van der Waals surface area contributed by atoms with Crippen LogP contribution >= 0.6 is 11.3 Å². The van der Waals surface area contributed by atoms with E-state index in [1.54, 1.807) is 73.8 Å². The van der Waals surface area contributed by atoms with Gasteiger partial charge in [0.1, 0.15) is 17.3 Å². The van der Waals surface area contributed by atoms with Gasteiger partial charge < -0.3 is 19.3 Å². The molecule has 0 aliphatic carbocycles. The van der Waals surface area contributed by atoms with E-state index >= 15 is 0 Å². The molecule has 1 fully saturated rings. The van der Waals surface area contributed by atoms with Crippen LogP contribution in [0.4, 0.5) is 5.13 Å². The topological polar surface area (TPSA) is 115 Å². The third-order valence-corrected chi connectivity index (χ3v) is 7.34. The minimum Gasteiger partial charge on any atom is -0.507 e. The highest BCUT2D eigenvalue weighted by atomic mass is 32.1. The molecule has 39 heavy (non-hydrogen) atoms. The molecule has 0 saturated carbocycles. The van der Waals surface area contributed by atoms with Crippen molar-refractivity contribution in [1.29, 1.82) is 0 Å². The van der Waals surface area contributed by atoms with Crippen molar-refractivity contribution < 1.29 is 33.7 Å². The number of Topliss-reactive ketones (excluding diaryl/α,β-unsaturated/α-hetero) is 1. The van der Waals surface area contributed by atoms with Crippen molar-refractivity contribution in [3.63, 3.8) is 0 Å². The van der Waals surface area contributed by atoms with Crippen LogP contribution in [0.3, 0.4) is 0 Å². The molecule has 198 valence electrons. The fraction of sp³-hybridized carbons (Fsp3) is 0.172. The van der Waals surface area contributed by atoms with Crippen molar-refractivity contribution in [3.8, 4) is 11.5 Å². The summed E-state index contributed by atoms with van der Waals surface area (Å²) in [5, 5.41) is 11.6. The van der Waals surface area contributed by atoms with E-state index in [0.29, 0.717) is 40.3 Å². The molecule has 1 saturated heterocycles. The Bertz CT molecular complexity index is 1610. The number of methoxy groups -OCH3 is 2. The molecule has 9 nitrogen and oxygen atoms in total. The molecule has 4 aromatic rings. The van der Waals surface area contributed by atoms with E-state index in [2.05, 4.69) is 4.98 Å². The first-order valence-electron chi connectivity index (χ1n) is 12.0. The number of hydrogen-bond acceptors (Lipinski definition) is 9. The normalized spacial score (nSPS) is 16.5. The summed E-state index contributed by atoms with van der Waals surface area (Å²) in [7, 11) is 2.84. The van der Waals surface area contributed by atoms with Crippen LogP contribution in [0.25, 0.3) is 16.0 Å². The summed E-state index contributed by atoms with van der Waals surface area (Å²) in [5.41, 5.74) is 1.69. The summed E-state index contributed by atoms with van der Waals surface area (Å²) >= 11 is 1.22. The van der Waals surface area contributed by atoms with Crippen LogP contribution < -0.4 is 14.4 Å². The lowest BCUT2D eigenvalue weighted by atomic mass is 9.94. The molecule has 1 aliphatic heterocycles. The Morgan fingerprint density at radius 3 is 2.28 bits per heavy atom. The van der Waals surface area contributed by atoms with Gasteiger partial charge in [-0.2, -0.15) is 0 Å². The Kier molecular flexibility index (Phi) is 7.03. The predicted molar refractivity (Wildman–Crippen MR) is 146 cm³/mol. The maximum atomic E-state index is 13.5. The molecule has 1 amide bonds. The van der Waals surface area contributed by atoms with Crippen LogP contribution in [0.1, 0.15) is 34.5 Å². The summed E-state index contributed by atoms with van der Waals surface area (Å²) < 4.78 is 16.3. The van der Waals surface area contributed by atoms with Gasteiger partial charge in [-0.05, 0) is 67.1 Å². The van der Waals surface area contributed by atoms with Gasteiger partial charge in [0, 0.05) is 5.56 Å². The average Bonchev–Trinajstić information content (AvgIpc) is 3.50. The number of ether oxygens (including phenoxy) is 3. The summed E-state index contributed by atoms with van der Waals surface area (Å²) in [4.78, 5) is 44.8. The number of benzene rings is 3. The highest BCUT2D eigenvalue weighted by Gasteiger charge is 2.48. The third kappa shape index (κ3) is 4.70. The fourth-order valence-corrected chi connectivity index (χ4v) is 5.44. The number of carbonyl (C=O) groups excluding carboxylic acids is 3. The number of rotatable bonds is 7.